The van der Waals surface area contributed by atoms with Crippen LogP contribution in [0.4, 0.5) is 8.78 Å². The van der Waals surface area contributed by atoms with Gasteiger partial charge in [-0.3, -0.25) is 4.79 Å². The smallest absolute Gasteiger partial charge is 0.295 e. The van der Waals surface area contributed by atoms with Crippen LogP contribution in [0.15, 0.2) is 93.6 Å². The van der Waals surface area contributed by atoms with Crippen LogP contribution in [0.5, 0.6) is 0 Å². The summed E-state index contributed by atoms with van der Waals surface area (Å²) in [5.41, 5.74) is 12.1. The number of aromatic nitrogens is 4. The lowest BCUT2D eigenvalue weighted by Crippen LogP contribution is -2.40. The number of amides is 1. The molecule has 0 bridgehead atoms. The summed E-state index contributed by atoms with van der Waals surface area (Å²) >= 11 is 0. The number of halogens is 2. The minimum Gasteiger partial charge on any atom is -0.375 e. The van der Waals surface area contributed by atoms with Gasteiger partial charge in [0.25, 0.3) is 5.92 Å². The maximum atomic E-state index is 17.0. The van der Waals surface area contributed by atoms with Gasteiger partial charge in [-0.25, -0.2) is 14.9 Å². The third kappa shape index (κ3) is 11.0. The fourth-order valence-corrected chi connectivity index (χ4v) is 8.79. The van der Waals surface area contributed by atoms with Gasteiger partial charge in [0, 0.05) is 59.4 Å². The highest BCUT2D eigenvalue weighted by atomic mass is 19.3. The normalized spacial score (nSPS) is 21.3. The average molecular weight is 851 g/mol. The number of carbonyl (C=O) groups is 1. The number of H-pyrrole nitrogens is 2. The number of nitrogens with zero attached hydrogens (tertiary/aromatic N) is 3. The van der Waals surface area contributed by atoms with Gasteiger partial charge in [0.2, 0.25) is 5.91 Å². The van der Waals surface area contributed by atoms with Crippen molar-refractivity contribution in [2.45, 2.75) is 142 Å². The van der Waals surface area contributed by atoms with Crippen molar-refractivity contribution in [1.82, 2.24) is 30.3 Å². The second-order valence-corrected chi connectivity index (χ2v) is 16.8. The molecule has 1 fully saturated rings. The standard InChI is InChI=1S/C50H64F2N6O4/c1-8-12-20-40(16-9-2)58(47(59)17-10-3)33-46-55-43-22-14-18-36(29-44(43)56-46)37-24-23-34(5)41-21-13-19-38(28-42(41)50(51,52)35(6)27-37)45-32-53-48(57-45)39(31-54-62-60-7)30-49(11-4)25-15-26-61-49/h13-14,19,22-24,27-29,32,39-40,54H,8-12,15-17,20,25-26,30-31,33H2,1-7H3,(H,53,57)(H,55,56)/b34-23+,35-27?,37-24?. The Morgan fingerprint density at radius 1 is 1.00 bits per heavy atom. The molecule has 6 rings (SSSR count). The number of imidazole rings is 2. The van der Waals surface area contributed by atoms with Gasteiger partial charge in [-0.15, -0.1) is 16.5 Å². The quantitative estimate of drug-likeness (QED) is 0.0526. The Morgan fingerprint density at radius 3 is 2.55 bits per heavy atom. The van der Waals surface area contributed by atoms with E-state index in [2.05, 4.69) is 47.7 Å². The first-order chi connectivity index (χ1) is 29.9. The Labute approximate surface area is 365 Å². The Kier molecular flexibility index (Phi) is 16.1. The molecule has 2 aromatic rings. The summed E-state index contributed by atoms with van der Waals surface area (Å²) in [6.07, 6.45) is 27.3. The molecule has 62 heavy (non-hydrogen) atoms. The van der Waals surface area contributed by atoms with E-state index in [1.54, 1.807) is 30.5 Å². The number of rotatable bonds is 20. The first-order valence-corrected chi connectivity index (χ1v) is 22.5. The fraction of sp³-hybridized carbons (Fsp3) is 0.500. The molecular weight excluding hydrogens is 787 g/mol. The second-order valence-electron chi connectivity index (χ2n) is 16.8. The van der Waals surface area contributed by atoms with Gasteiger partial charge in [-0.2, -0.15) is 14.3 Å². The third-order valence-electron chi connectivity index (χ3n) is 12.3. The largest absolute Gasteiger partial charge is 0.375 e. The van der Waals surface area contributed by atoms with E-state index in [1.165, 1.54) is 20.1 Å². The summed E-state index contributed by atoms with van der Waals surface area (Å²) in [5.74, 6) is -1.97. The van der Waals surface area contributed by atoms with Crippen LogP contribution in [0.3, 0.4) is 0 Å². The van der Waals surface area contributed by atoms with Crippen LogP contribution in [-0.4, -0.2) is 68.6 Å². The Bertz CT molecular complexity index is 2360. The number of ether oxygens (including phenoxy) is 1. The summed E-state index contributed by atoms with van der Waals surface area (Å²) in [7, 11) is 1.43. The number of hydrogen-bond donors (Lipinski definition) is 3. The van der Waals surface area contributed by atoms with Crippen molar-refractivity contribution in [3.05, 3.63) is 122 Å². The van der Waals surface area contributed by atoms with Gasteiger partial charge < -0.3 is 19.6 Å². The molecule has 3 unspecified atom stereocenters. The number of alkyl halides is 2. The summed E-state index contributed by atoms with van der Waals surface area (Å²) in [6, 6.07) is 0.143. The topological polar surface area (TPSA) is 117 Å². The number of carbonyl (C=O) groups excluding carboxylic acids is 1. The summed E-state index contributed by atoms with van der Waals surface area (Å²) < 4.78 is 40.3. The van der Waals surface area contributed by atoms with E-state index in [1.807, 2.05) is 43.1 Å². The van der Waals surface area contributed by atoms with Gasteiger partial charge >= 0.3 is 0 Å². The highest BCUT2D eigenvalue weighted by molar-refractivity contribution is 5.78. The van der Waals surface area contributed by atoms with E-state index in [-0.39, 0.29) is 34.6 Å². The lowest BCUT2D eigenvalue weighted by atomic mass is 9.85. The predicted octanol–water partition coefficient (Wildman–Crippen LogP) is 9.37. The van der Waals surface area contributed by atoms with Crippen LogP contribution in [0, 0.1) is 0 Å². The molecule has 0 aromatic carbocycles. The molecule has 3 aliphatic carbocycles. The number of hydroxylamine groups is 1. The predicted molar refractivity (Wildman–Crippen MR) is 240 cm³/mol. The van der Waals surface area contributed by atoms with Gasteiger partial charge in [-0.1, -0.05) is 59.1 Å². The summed E-state index contributed by atoms with van der Waals surface area (Å²) in [5, 5.41) is 1.44. The molecule has 2 aromatic heterocycles. The first kappa shape index (κ1) is 46.6. The van der Waals surface area contributed by atoms with Crippen molar-refractivity contribution in [2.24, 2.45) is 0 Å². The molecule has 4 aliphatic rings. The van der Waals surface area contributed by atoms with Crippen molar-refractivity contribution < 1.29 is 28.2 Å². The van der Waals surface area contributed by atoms with E-state index in [0.29, 0.717) is 76.5 Å². The Morgan fingerprint density at radius 2 is 1.82 bits per heavy atom. The SMILES string of the molecule is CCCCC(CCC)N(Cc1nc2c([nH]1)=CC(C1=C/C=C(\C)C3=C=CC=C(c4cnc(C(CNOOC)CC5(CC)CCCO5)[nH]4)C=C3C(F)(F)C(C)=C1)=C=CC=2)C(=O)CCC. The molecule has 3 atom stereocenters. The fourth-order valence-electron chi connectivity index (χ4n) is 8.79. The van der Waals surface area contributed by atoms with Crippen LogP contribution in [0.1, 0.15) is 135 Å². The van der Waals surface area contributed by atoms with Crippen LogP contribution in [-0.2, 0) is 26.0 Å². The Balaban J connectivity index is 1.30. The molecule has 0 radical (unpaired) electrons. The molecule has 10 nitrogen and oxygen atoms in total. The molecule has 3 N–H and O–H groups in total. The number of nitrogens with one attached hydrogen (secondary N) is 3. The molecular formula is C50H64F2N6O4. The van der Waals surface area contributed by atoms with Crippen LogP contribution in [0.25, 0.3) is 17.7 Å². The van der Waals surface area contributed by atoms with E-state index in [9.17, 15) is 4.79 Å². The van der Waals surface area contributed by atoms with Crippen LogP contribution in [0.2, 0.25) is 0 Å². The third-order valence-corrected chi connectivity index (χ3v) is 12.3. The summed E-state index contributed by atoms with van der Waals surface area (Å²) in [4.78, 5) is 41.8. The molecule has 12 heteroatoms. The number of allylic oxidation sites excluding steroid dienone is 12. The van der Waals surface area contributed by atoms with Crippen molar-refractivity contribution in [3.8, 4) is 0 Å². The molecule has 0 saturated carbocycles. The monoisotopic (exact) mass is 850 g/mol. The number of unbranched alkanes of at least 4 members (excludes halogenated alkanes) is 1. The molecule has 1 saturated heterocycles. The number of fused-ring (bicyclic) bond motifs is 2. The maximum Gasteiger partial charge on any atom is 0.295 e. The molecule has 332 valence electrons. The zero-order valence-corrected chi connectivity index (χ0v) is 37.6. The minimum atomic E-state index is -3.37. The average Bonchev–Trinajstić information content (AvgIpc) is 3.96. The first-order valence-electron chi connectivity index (χ1n) is 22.5. The maximum absolute atomic E-state index is 17.0. The van der Waals surface area contributed by atoms with E-state index < -0.39 is 5.92 Å². The minimum absolute atomic E-state index is 0.129. The van der Waals surface area contributed by atoms with E-state index in [0.717, 1.165) is 69.7 Å². The van der Waals surface area contributed by atoms with E-state index >= 15 is 8.78 Å². The van der Waals surface area contributed by atoms with Gasteiger partial charge in [0.15, 0.2) is 0 Å². The summed E-state index contributed by atoms with van der Waals surface area (Å²) in [6.45, 7) is 13.3. The van der Waals surface area contributed by atoms with Gasteiger partial charge in [0.05, 0.1) is 41.8 Å². The van der Waals surface area contributed by atoms with Gasteiger partial charge in [0.1, 0.15) is 11.6 Å². The Hall–Kier alpha value is -4.93. The lowest BCUT2D eigenvalue weighted by molar-refractivity contribution is -0.317. The zero-order valence-electron chi connectivity index (χ0n) is 37.6. The second kappa shape index (κ2) is 21.4. The van der Waals surface area contributed by atoms with Gasteiger partial charge in [-0.05, 0) is 112 Å². The number of hydrogen-bond acceptors (Lipinski definition) is 7. The highest BCUT2D eigenvalue weighted by Crippen LogP contribution is 2.43. The van der Waals surface area contributed by atoms with Crippen molar-refractivity contribution in [2.75, 3.05) is 20.3 Å². The molecule has 1 amide bonds. The highest BCUT2D eigenvalue weighted by Gasteiger charge is 2.40. The van der Waals surface area contributed by atoms with E-state index in [4.69, 9.17) is 24.6 Å². The molecule has 3 heterocycles. The van der Waals surface area contributed by atoms with Crippen LogP contribution < -0.4 is 16.2 Å². The van der Waals surface area contributed by atoms with Crippen LogP contribution >= 0.6 is 0 Å². The molecule has 0 spiro atoms. The lowest BCUT2D eigenvalue weighted by Gasteiger charge is -2.31. The van der Waals surface area contributed by atoms with Crippen molar-refractivity contribution >= 4 is 23.6 Å². The number of aromatic amines is 2. The molecule has 1 aliphatic heterocycles. The zero-order chi connectivity index (χ0) is 44.3. The van der Waals surface area contributed by atoms with Crippen molar-refractivity contribution in [3.63, 3.8) is 0 Å². The van der Waals surface area contributed by atoms with Crippen molar-refractivity contribution in [1.29, 1.82) is 0 Å².